The zero-order valence-corrected chi connectivity index (χ0v) is 23.4. The highest BCUT2D eigenvalue weighted by atomic mass is 35.5. The Bertz CT molecular complexity index is 1250. The lowest BCUT2D eigenvalue weighted by Gasteiger charge is -2.36. The van der Waals surface area contributed by atoms with Gasteiger partial charge in [0.1, 0.15) is 0 Å². The predicted octanol–water partition coefficient (Wildman–Crippen LogP) is 4.69. The molecule has 1 N–H and O–H groups in total. The van der Waals surface area contributed by atoms with Crippen molar-refractivity contribution >= 4 is 52.5 Å². The molecule has 2 aromatic carbocycles. The van der Waals surface area contributed by atoms with Crippen LogP contribution in [0.4, 0.5) is 5.69 Å². The van der Waals surface area contributed by atoms with Crippen molar-refractivity contribution in [3.63, 3.8) is 0 Å². The Balaban J connectivity index is 1.35. The molecule has 1 atom stereocenters. The molecule has 1 saturated heterocycles. The number of thioether (sulfide) groups is 1. The van der Waals surface area contributed by atoms with Gasteiger partial charge in [-0.15, -0.1) is 10.2 Å². The predicted molar refractivity (Wildman–Crippen MR) is 148 cm³/mol. The number of halogens is 2. The van der Waals surface area contributed by atoms with Gasteiger partial charge in [-0.05, 0) is 36.2 Å². The van der Waals surface area contributed by atoms with E-state index in [0.29, 0.717) is 34.7 Å². The Morgan fingerprint density at radius 3 is 2.38 bits per heavy atom. The summed E-state index contributed by atoms with van der Waals surface area (Å²) in [6, 6.07) is 14.6. The summed E-state index contributed by atoms with van der Waals surface area (Å²) in [7, 11) is 1.84. The minimum Gasteiger partial charge on any atom is -0.368 e. The summed E-state index contributed by atoms with van der Waals surface area (Å²) < 4.78 is 1.83. The first-order valence-corrected chi connectivity index (χ1v) is 13.8. The molecule has 4 rings (SSSR count). The van der Waals surface area contributed by atoms with Crippen LogP contribution in [0.3, 0.4) is 0 Å². The fourth-order valence-electron chi connectivity index (χ4n) is 4.22. The third-order valence-corrected chi connectivity index (χ3v) is 7.91. The summed E-state index contributed by atoms with van der Waals surface area (Å²) in [4.78, 5) is 30.0. The van der Waals surface area contributed by atoms with Crippen LogP contribution in [-0.4, -0.2) is 63.4 Å². The Morgan fingerprint density at radius 1 is 1.03 bits per heavy atom. The molecular weight excluding hydrogens is 531 g/mol. The van der Waals surface area contributed by atoms with Crippen molar-refractivity contribution in [3.8, 4) is 0 Å². The highest BCUT2D eigenvalue weighted by molar-refractivity contribution is 7.99. The average molecular weight is 562 g/mol. The number of piperazine rings is 1. The number of hydrogen-bond acceptors (Lipinski definition) is 6. The standard InChI is InChI=1S/C26H30Cl2N6O2S/c1-17(2)23(29-25(36)20-10-9-18(27)15-21(20)28)24-30-31-26(32(24)3)37-16-22(35)34-13-11-33(12-14-34)19-7-5-4-6-8-19/h4-10,15,17,23H,11-14,16H2,1-3H3,(H,29,36)/t23-/m1/s1. The molecule has 1 aliphatic rings. The molecule has 3 aromatic rings. The number of carbonyl (C=O) groups excluding carboxylic acids is 2. The first-order valence-electron chi connectivity index (χ1n) is 12.1. The van der Waals surface area contributed by atoms with Gasteiger partial charge in [0.05, 0.1) is 22.4 Å². The first-order chi connectivity index (χ1) is 17.7. The lowest BCUT2D eigenvalue weighted by Crippen LogP contribution is -2.49. The van der Waals surface area contributed by atoms with E-state index < -0.39 is 6.04 Å². The van der Waals surface area contributed by atoms with Crippen LogP contribution in [0, 0.1) is 5.92 Å². The number of hydrogen-bond donors (Lipinski definition) is 1. The topological polar surface area (TPSA) is 83.4 Å². The van der Waals surface area contributed by atoms with Crippen LogP contribution in [0.25, 0.3) is 0 Å². The number of para-hydroxylation sites is 1. The molecule has 8 nitrogen and oxygen atoms in total. The molecule has 1 aromatic heterocycles. The van der Waals surface area contributed by atoms with Crippen molar-refractivity contribution in [2.45, 2.75) is 25.0 Å². The number of nitrogens with zero attached hydrogens (tertiary/aromatic N) is 5. The van der Waals surface area contributed by atoms with Crippen LogP contribution in [0.1, 0.15) is 36.1 Å². The fraction of sp³-hybridized carbons (Fsp3) is 0.385. The van der Waals surface area contributed by atoms with Crippen LogP contribution >= 0.6 is 35.0 Å². The van der Waals surface area contributed by atoms with E-state index in [4.69, 9.17) is 23.2 Å². The highest BCUT2D eigenvalue weighted by Crippen LogP contribution is 2.27. The molecule has 1 fully saturated rings. The van der Waals surface area contributed by atoms with Crippen LogP contribution in [0.2, 0.25) is 10.0 Å². The molecule has 0 radical (unpaired) electrons. The normalized spacial score (nSPS) is 14.6. The summed E-state index contributed by atoms with van der Waals surface area (Å²) >= 11 is 13.5. The van der Waals surface area contributed by atoms with Crippen molar-refractivity contribution in [1.29, 1.82) is 0 Å². The molecule has 2 amide bonds. The maximum absolute atomic E-state index is 12.9. The number of amides is 2. The third-order valence-electron chi connectivity index (χ3n) is 6.35. The van der Waals surface area contributed by atoms with Crippen LogP contribution in [-0.2, 0) is 11.8 Å². The average Bonchev–Trinajstić information content (AvgIpc) is 3.25. The van der Waals surface area contributed by atoms with Crippen LogP contribution in [0.5, 0.6) is 0 Å². The first kappa shape index (κ1) is 27.3. The van der Waals surface area contributed by atoms with Crippen LogP contribution in [0.15, 0.2) is 53.7 Å². The van der Waals surface area contributed by atoms with E-state index in [1.165, 1.54) is 23.5 Å². The minimum atomic E-state index is -0.395. The number of nitrogens with one attached hydrogen (secondary N) is 1. The maximum Gasteiger partial charge on any atom is 0.253 e. The van der Waals surface area contributed by atoms with E-state index in [9.17, 15) is 9.59 Å². The Labute approximate surface area is 231 Å². The second-order valence-corrected chi connectivity index (χ2v) is 11.0. The summed E-state index contributed by atoms with van der Waals surface area (Å²) in [6.45, 7) is 6.98. The van der Waals surface area contributed by atoms with Crippen molar-refractivity contribution < 1.29 is 9.59 Å². The maximum atomic E-state index is 12.9. The molecule has 0 spiro atoms. The highest BCUT2D eigenvalue weighted by Gasteiger charge is 2.27. The number of aromatic nitrogens is 3. The van der Waals surface area contributed by atoms with Crippen molar-refractivity contribution in [1.82, 2.24) is 25.0 Å². The van der Waals surface area contributed by atoms with Gasteiger partial charge in [-0.3, -0.25) is 9.59 Å². The van der Waals surface area contributed by atoms with Gasteiger partial charge >= 0.3 is 0 Å². The SMILES string of the molecule is CC(C)[C@@H](NC(=O)c1ccc(Cl)cc1Cl)c1nnc(SCC(=O)N2CCN(c3ccccc3)CC2)n1C. The molecule has 1 aliphatic heterocycles. The van der Waals surface area contributed by atoms with Gasteiger partial charge in [0, 0.05) is 43.9 Å². The van der Waals surface area contributed by atoms with Gasteiger partial charge in [0.15, 0.2) is 11.0 Å². The van der Waals surface area contributed by atoms with Crippen LogP contribution < -0.4 is 10.2 Å². The van der Waals surface area contributed by atoms with Gasteiger partial charge in [-0.1, -0.05) is 67.0 Å². The Hall–Kier alpha value is -2.75. The minimum absolute atomic E-state index is 0.0401. The molecule has 0 bridgehead atoms. The number of carbonyl (C=O) groups is 2. The van der Waals surface area contributed by atoms with Gasteiger partial charge in [-0.2, -0.15) is 0 Å². The van der Waals surface area contributed by atoms with E-state index in [2.05, 4.69) is 32.5 Å². The van der Waals surface area contributed by atoms with Crippen molar-refractivity contribution in [3.05, 3.63) is 70.0 Å². The molecule has 0 aliphatic carbocycles. The quantitative estimate of drug-likeness (QED) is 0.402. The molecule has 0 unspecified atom stereocenters. The number of anilines is 1. The van der Waals surface area contributed by atoms with Gasteiger partial charge in [0.2, 0.25) is 5.91 Å². The molecule has 11 heteroatoms. The van der Waals surface area contributed by atoms with Gasteiger partial charge in [-0.25, -0.2) is 0 Å². The van der Waals surface area contributed by atoms with Crippen molar-refractivity contribution in [2.24, 2.45) is 13.0 Å². The molecule has 37 heavy (non-hydrogen) atoms. The summed E-state index contributed by atoms with van der Waals surface area (Å²) in [5.74, 6) is 0.685. The summed E-state index contributed by atoms with van der Waals surface area (Å²) in [5, 5.41) is 13.0. The number of benzene rings is 2. The number of rotatable bonds is 8. The second kappa shape index (κ2) is 12.2. The molecule has 0 saturated carbocycles. The van der Waals surface area contributed by atoms with E-state index in [1.54, 1.807) is 12.1 Å². The third kappa shape index (κ3) is 6.58. The van der Waals surface area contributed by atoms with E-state index in [-0.39, 0.29) is 28.5 Å². The zero-order valence-electron chi connectivity index (χ0n) is 21.0. The van der Waals surface area contributed by atoms with Gasteiger partial charge in [0.25, 0.3) is 5.91 Å². The van der Waals surface area contributed by atoms with Crippen molar-refractivity contribution in [2.75, 3.05) is 36.8 Å². The van der Waals surface area contributed by atoms with E-state index in [0.717, 1.165) is 13.1 Å². The molecule has 196 valence electrons. The molecular formula is C26H30Cl2N6O2S. The Morgan fingerprint density at radius 2 is 1.73 bits per heavy atom. The second-order valence-electron chi connectivity index (χ2n) is 9.21. The lowest BCUT2D eigenvalue weighted by molar-refractivity contribution is -0.128. The summed E-state index contributed by atoms with van der Waals surface area (Å²) in [6.07, 6.45) is 0. The fourth-order valence-corrected chi connectivity index (χ4v) is 5.53. The largest absolute Gasteiger partial charge is 0.368 e. The van der Waals surface area contributed by atoms with E-state index >= 15 is 0 Å². The van der Waals surface area contributed by atoms with E-state index in [1.807, 2.05) is 48.6 Å². The smallest absolute Gasteiger partial charge is 0.253 e. The monoisotopic (exact) mass is 560 g/mol. The molecule has 2 heterocycles. The van der Waals surface area contributed by atoms with Gasteiger partial charge < -0.3 is 19.7 Å². The lowest BCUT2D eigenvalue weighted by atomic mass is 10.0. The zero-order chi connectivity index (χ0) is 26.5. The summed E-state index contributed by atoms with van der Waals surface area (Å²) in [5.41, 5.74) is 1.52. The Kier molecular flexibility index (Phi) is 9.00.